The summed E-state index contributed by atoms with van der Waals surface area (Å²) in [5.74, 6) is -0.833. The Bertz CT molecular complexity index is 1080. The van der Waals surface area contributed by atoms with Crippen molar-refractivity contribution in [1.29, 1.82) is 0 Å². The monoisotopic (exact) mass is 797 g/mol. The first-order valence-corrected chi connectivity index (χ1v) is 23.4. The van der Waals surface area contributed by atoms with Crippen molar-refractivity contribution < 1.29 is 42.1 Å². The number of carbonyl (C=O) groups excluding carboxylic acids is 2. The molecule has 0 aliphatic rings. The van der Waals surface area contributed by atoms with E-state index in [4.69, 9.17) is 18.5 Å². The van der Waals surface area contributed by atoms with Gasteiger partial charge in [0.25, 0.3) is 0 Å². The molecule has 0 rings (SSSR count). The van der Waals surface area contributed by atoms with E-state index in [9.17, 15) is 19.0 Å². The van der Waals surface area contributed by atoms with Gasteiger partial charge in [0.1, 0.15) is 19.8 Å². The molecule has 320 valence electrons. The Morgan fingerprint density at radius 3 is 1.47 bits per heavy atom. The molecule has 9 nitrogen and oxygen atoms in total. The quantitative estimate of drug-likeness (QED) is 0.0215. The summed E-state index contributed by atoms with van der Waals surface area (Å²) in [5.41, 5.74) is 0. The minimum Gasteiger partial charge on any atom is -0.462 e. The van der Waals surface area contributed by atoms with E-state index in [0.29, 0.717) is 17.4 Å². The van der Waals surface area contributed by atoms with Crippen molar-refractivity contribution >= 4 is 19.8 Å². The SMILES string of the molecule is CCCCC/C=C\C/C=C\CCCCCCCC(=O)OCC(COP(=O)(O)OCC[N+](C)(C)C)OC(=O)CCCCCCC/C=C\C/C=C\CCCCCC. The zero-order valence-electron chi connectivity index (χ0n) is 35.9. The van der Waals surface area contributed by atoms with Crippen molar-refractivity contribution in [1.82, 2.24) is 0 Å². The average molecular weight is 797 g/mol. The molecule has 0 saturated carbocycles. The van der Waals surface area contributed by atoms with Gasteiger partial charge in [-0.15, -0.1) is 0 Å². The van der Waals surface area contributed by atoms with Crippen molar-refractivity contribution in [3.05, 3.63) is 48.6 Å². The van der Waals surface area contributed by atoms with E-state index >= 15 is 0 Å². The van der Waals surface area contributed by atoms with Gasteiger partial charge in [-0.25, -0.2) is 4.57 Å². The number of phosphoric ester groups is 1. The molecule has 0 aliphatic carbocycles. The lowest BCUT2D eigenvalue weighted by molar-refractivity contribution is -0.870. The van der Waals surface area contributed by atoms with Crippen LogP contribution in [0.3, 0.4) is 0 Å². The molecule has 55 heavy (non-hydrogen) atoms. The lowest BCUT2D eigenvalue weighted by Gasteiger charge is -2.24. The Balaban J connectivity index is 4.43. The number of phosphoric acid groups is 1. The fourth-order valence-corrected chi connectivity index (χ4v) is 6.34. The molecule has 0 spiro atoms. The summed E-state index contributed by atoms with van der Waals surface area (Å²) >= 11 is 0. The maximum absolute atomic E-state index is 12.7. The highest BCUT2D eigenvalue weighted by Crippen LogP contribution is 2.43. The Kier molecular flexibility index (Phi) is 36.2. The van der Waals surface area contributed by atoms with Crippen LogP contribution in [0.25, 0.3) is 0 Å². The van der Waals surface area contributed by atoms with Crippen molar-refractivity contribution in [2.75, 3.05) is 47.5 Å². The van der Waals surface area contributed by atoms with Gasteiger partial charge in [-0.3, -0.25) is 18.6 Å². The van der Waals surface area contributed by atoms with Crippen LogP contribution in [0.5, 0.6) is 0 Å². The third kappa shape index (κ3) is 41.4. The Morgan fingerprint density at radius 1 is 0.564 bits per heavy atom. The molecule has 0 heterocycles. The van der Waals surface area contributed by atoms with Gasteiger partial charge in [0.15, 0.2) is 6.10 Å². The van der Waals surface area contributed by atoms with E-state index in [1.165, 1.54) is 57.8 Å². The molecule has 0 saturated heterocycles. The minimum absolute atomic E-state index is 0.0250. The first kappa shape index (κ1) is 53.0. The lowest BCUT2D eigenvalue weighted by Crippen LogP contribution is -2.37. The highest BCUT2D eigenvalue weighted by molar-refractivity contribution is 7.47. The maximum atomic E-state index is 12.7. The van der Waals surface area contributed by atoms with Gasteiger partial charge >= 0.3 is 19.8 Å². The number of allylic oxidation sites excluding steroid dienone is 8. The molecule has 0 aromatic carbocycles. The van der Waals surface area contributed by atoms with Crippen molar-refractivity contribution in [3.8, 4) is 0 Å². The van der Waals surface area contributed by atoms with Crippen molar-refractivity contribution in [2.45, 2.75) is 180 Å². The predicted molar refractivity (Wildman–Crippen MR) is 229 cm³/mol. The maximum Gasteiger partial charge on any atom is 0.472 e. The van der Waals surface area contributed by atoms with E-state index in [0.717, 1.165) is 83.5 Å². The van der Waals surface area contributed by atoms with Gasteiger partial charge in [-0.2, -0.15) is 0 Å². The second-order valence-corrected chi connectivity index (χ2v) is 17.2. The average Bonchev–Trinajstić information content (AvgIpc) is 3.13. The Labute approximate surface area is 337 Å². The van der Waals surface area contributed by atoms with Crippen LogP contribution >= 0.6 is 7.82 Å². The highest BCUT2D eigenvalue weighted by Gasteiger charge is 2.27. The fraction of sp³-hybridized carbons (Fsp3) is 0.778. The molecule has 2 unspecified atom stereocenters. The Hall–Kier alpha value is -2.03. The van der Waals surface area contributed by atoms with E-state index in [2.05, 4.69) is 62.5 Å². The van der Waals surface area contributed by atoms with E-state index in [-0.39, 0.29) is 32.0 Å². The number of unbranched alkanes of at least 4 members (excludes halogenated alkanes) is 17. The lowest BCUT2D eigenvalue weighted by atomic mass is 10.1. The van der Waals surface area contributed by atoms with Gasteiger partial charge in [0.05, 0.1) is 27.7 Å². The van der Waals surface area contributed by atoms with Crippen molar-refractivity contribution in [2.24, 2.45) is 0 Å². The summed E-state index contributed by atoms with van der Waals surface area (Å²) in [6.07, 6.45) is 42.9. The number of carbonyl (C=O) groups is 2. The van der Waals surface area contributed by atoms with Crippen LogP contribution in [0.4, 0.5) is 0 Å². The van der Waals surface area contributed by atoms with Crippen LogP contribution in [0.15, 0.2) is 48.6 Å². The largest absolute Gasteiger partial charge is 0.472 e. The molecule has 0 bridgehead atoms. The summed E-state index contributed by atoms with van der Waals surface area (Å²) < 4.78 is 34.3. The van der Waals surface area contributed by atoms with E-state index < -0.39 is 26.5 Å². The van der Waals surface area contributed by atoms with Crippen molar-refractivity contribution in [3.63, 3.8) is 0 Å². The molecule has 2 atom stereocenters. The molecule has 0 aromatic heterocycles. The van der Waals surface area contributed by atoms with Gasteiger partial charge in [-0.05, 0) is 77.0 Å². The molecule has 0 amide bonds. The number of hydrogen-bond donors (Lipinski definition) is 1. The second kappa shape index (κ2) is 37.5. The van der Waals surface area contributed by atoms with Gasteiger partial charge in [0, 0.05) is 12.8 Å². The third-order valence-electron chi connectivity index (χ3n) is 9.08. The predicted octanol–water partition coefficient (Wildman–Crippen LogP) is 12.3. The zero-order chi connectivity index (χ0) is 40.7. The van der Waals surface area contributed by atoms with Crippen LogP contribution in [0.1, 0.15) is 174 Å². The number of rotatable bonds is 39. The van der Waals surface area contributed by atoms with Gasteiger partial charge < -0.3 is 18.9 Å². The standard InChI is InChI=1S/C45H82NO8P/c1-6-8-10-12-14-16-18-20-22-24-26-28-30-32-34-36-38-45(48)54-43(42-53-55(49,50)52-40-39-46(3,4)5)41-51-44(47)37-35-33-31-29-27-25-23-21-19-17-15-13-11-9-7-2/h15-18,21-24,43H,6-14,19-20,25-42H2,1-5H3/p+1/b17-15-,18-16-,23-21-,24-22-. The van der Waals surface area contributed by atoms with Crippen LogP contribution in [0.2, 0.25) is 0 Å². The molecule has 0 aliphatic heterocycles. The third-order valence-corrected chi connectivity index (χ3v) is 10.1. The molecule has 1 N–H and O–H groups in total. The smallest absolute Gasteiger partial charge is 0.462 e. The summed E-state index contributed by atoms with van der Waals surface area (Å²) in [5, 5.41) is 0. The molecular formula is C45H83NO8P+. The van der Waals surface area contributed by atoms with E-state index in [1.54, 1.807) is 0 Å². The zero-order valence-corrected chi connectivity index (χ0v) is 36.8. The number of nitrogens with zero attached hydrogens (tertiary/aromatic N) is 1. The first-order chi connectivity index (χ1) is 26.5. The summed E-state index contributed by atoms with van der Waals surface area (Å²) in [6, 6.07) is 0. The molecular weight excluding hydrogens is 713 g/mol. The van der Waals surface area contributed by atoms with Gasteiger partial charge in [0.2, 0.25) is 0 Å². The van der Waals surface area contributed by atoms with Crippen LogP contribution in [0, 0.1) is 0 Å². The number of ether oxygens (including phenoxy) is 2. The normalized spacial score (nSPS) is 14.1. The highest BCUT2D eigenvalue weighted by atomic mass is 31.2. The summed E-state index contributed by atoms with van der Waals surface area (Å²) in [6.45, 7) is 4.34. The fourth-order valence-electron chi connectivity index (χ4n) is 5.60. The number of quaternary nitrogens is 1. The second-order valence-electron chi connectivity index (χ2n) is 15.7. The minimum atomic E-state index is -4.38. The summed E-state index contributed by atoms with van der Waals surface area (Å²) in [4.78, 5) is 35.3. The molecule has 0 fully saturated rings. The number of esters is 2. The first-order valence-electron chi connectivity index (χ1n) is 21.9. The molecule has 0 radical (unpaired) electrons. The molecule has 10 heteroatoms. The molecule has 0 aromatic rings. The number of hydrogen-bond acceptors (Lipinski definition) is 7. The van der Waals surface area contributed by atoms with Crippen LogP contribution < -0.4 is 0 Å². The Morgan fingerprint density at radius 2 is 0.982 bits per heavy atom. The van der Waals surface area contributed by atoms with Crippen LogP contribution in [-0.4, -0.2) is 74.9 Å². The summed E-state index contributed by atoms with van der Waals surface area (Å²) in [7, 11) is 1.45. The van der Waals surface area contributed by atoms with Gasteiger partial charge in [-0.1, -0.05) is 133 Å². The van der Waals surface area contributed by atoms with E-state index in [1.807, 2.05) is 21.1 Å². The number of likely N-dealkylation sites (N-methyl/N-ethyl adjacent to an activating group) is 1. The van der Waals surface area contributed by atoms with Crippen LogP contribution in [-0.2, 0) is 32.7 Å². The topological polar surface area (TPSA) is 108 Å².